The van der Waals surface area contributed by atoms with Crippen LogP contribution in [0.2, 0.25) is 0 Å². The predicted octanol–water partition coefficient (Wildman–Crippen LogP) is 1.46. The van der Waals surface area contributed by atoms with Gasteiger partial charge in [-0.2, -0.15) is 0 Å². The lowest BCUT2D eigenvalue weighted by Crippen LogP contribution is -2.53. The van der Waals surface area contributed by atoms with E-state index >= 15 is 0 Å². The van der Waals surface area contributed by atoms with Crippen LogP contribution < -0.4 is 5.32 Å². The average Bonchev–Trinajstić information content (AvgIpc) is 2.38. The number of sulfone groups is 1. The van der Waals surface area contributed by atoms with Gasteiger partial charge in [-0.15, -0.1) is 12.4 Å². The molecule has 0 bridgehead atoms. The highest BCUT2D eigenvalue weighted by Crippen LogP contribution is 2.18. The second-order valence-corrected chi connectivity index (χ2v) is 7.76. The average molecular weight is 398 g/mol. The molecule has 1 unspecified atom stereocenters. The highest BCUT2D eigenvalue weighted by Gasteiger charge is 2.28. The molecule has 1 N–H and O–H groups in total. The van der Waals surface area contributed by atoms with Crippen LogP contribution in [0.1, 0.15) is 6.92 Å². The number of hydrogen-bond acceptors (Lipinski definition) is 4. The molecule has 118 valence electrons. The molecule has 0 spiro atoms. The zero-order valence-corrected chi connectivity index (χ0v) is 14.8. The first kappa shape index (κ1) is 18.4. The molecule has 1 saturated heterocycles. The Morgan fingerprint density at radius 3 is 2.81 bits per heavy atom. The van der Waals surface area contributed by atoms with Crippen molar-refractivity contribution in [3.05, 3.63) is 28.7 Å². The van der Waals surface area contributed by atoms with E-state index in [0.29, 0.717) is 24.1 Å². The number of rotatable bonds is 3. The number of nitrogens with zero attached hydrogens (tertiary/aromatic N) is 1. The number of nitrogens with one attached hydrogen (secondary N) is 1. The highest BCUT2D eigenvalue weighted by molar-refractivity contribution is 9.10. The molecule has 0 aromatic heterocycles. The van der Waals surface area contributed by atoms with Crippen molar-refractivity contribution in [2.75, 3.05) is 25.4 Å². The molecule has 1 fully saturated rings. The summed E-state index contributed by atoms with van der Waals surface area (Å²) < 4.78 is 25.2. The molecular formula is C13H18BrClN2O3S. The minimum Gasteiger partial charge on any atom is -0.337 e. The molecule has 5 nitrogen and oxygen atoms in total. The fourth-order valence-corrected chi connectivity index (χ4v) is 4.00. The number of piperazine rings is 1. The second-order valence-electron chi connectivity index (χ2n) is 4.86. The molecule has 0 saturated carbocycles. The Kier molecular flexibility index (Phi) is 6.65. The Balaban J connectivity index is 0.00000220. The maximum absolute atomic E-state index is 12.3. The largest absolute Gasteiger partial charge is 0.337 e. The molecule has 1 aromatic rings. The summed E-state index contributed by atoms with van der Waals surface area (Å²) in [6.07, 6.45) is 0. The van der Waals surface area contributed by atoms with E-state index in [1.165, 1.54) is 12.1 Å². The van der Waals surface area contributed by atoms with Crippen molar-refractivity contribution in [1.82, 2.24) is 10.2 Å². The van der Waals surface area contributed by atoms with Crippen molar-refractivity contribution in [2.45, 2.75) is 17.9 Å². The lowest BCUT2D eigenvalue weighted by Gasteiger charge is -2.33. The van der Waals surface area contributed by atoms with E-state index in [1.807, 2.05) is 6.92 Å². The maximum atomic E-state index is 12.3. The summed E-state index contributed by atoms with van der Waals surface area (Å²) in [4.78, 5) is 14.0. The van der Waals surface area contributed by atoms with Gasteiger partial charge in [0.25, 0.3) is 0 Å². The highest BCUT2D eigenvalue weighted by atomic mass is 79.9. The molecule has 0 aliphatic carbocycles. The van der Waals surface area contributed by atoms with Crippen LogP contribution in [-0.4, -0.2) is 50.7 Å². The van der Waals surface area contributed by atoms with E-state index < -0.39 is 15.6 Å². The number of hydrogen-bond donors (Lipinski definition) is 1. The van der Waals surface area contributed by atoms with E-state index in [4.69, 9.17) is 0 Å². The summed E-state index contributed by atoms with van der Waals surface area (Å²) in [6, 6.07) is 6.45. The van der Waals surface area contributed by atoms with Crippen LogP contribution in [0.15, 0.2) is 33.6 Å². The molecule has 1 amide bonds. The predicted molar refractivity (Wildman–Crippen MR) is 87.5 cm³/mol. The molecule has 8 heteroatoms. The molecule has 1 aliphatic rings. The molecule has 21 heavy (non-hydrogen) atoms. The summed E-state index contributed by atoms with van der Waals surface area (Å²) in [7, 11) is -3.60. The topological polar surface area (TPSA) is 66.5 Å². The maximum Gasteiger partial charge on any atom is 0.238 e. The zero-order chi connectivity index (χ0) is 14.8. The second kappa shape index (κ2) is 7.58. The van der Waals surface area contributed by atoms with Crippen molar-refractivity contribution in [3.63, 3.8) is 0 Å². The number of amides is 1. The Labute approximate surface area is 139 Å². The van der Waals surface area contributed by atoms with Gasteiger partial charge in [0.1, 0.15) is 5.75 Å². The van der Waals surface area contributed by atoms with Crippen molar-refractivity contribution < 1.29 is 13.2 Å². The van der Waals surface area contributed by atoms with Gasteiger partial charge in [-0.1, -0.05) is 22.0 Å². The Hall–Kier alpha value is -0.630. The van der Waals surface area contributed by atoms with Gasteiger partial charge < -0.3 is 10.2 Å². The number of halogens is 2. The third-order valence-corrected chi connectivity index (χ3v) is 5.38. The van der Waals surface area contributed by atoms with Crippen LogP contribution in [-0.2, 0) is 14.6 Å². The van der Waals surface area contributed by atoms with Crippen LogP contribution in [0.4, 0.5) is 0 Å². The molecular weight excluding hydrogens is 380 g/mol. The van der Waals surface area contributed by atoms with E-state index in [0.717, 1.165) is 0 Å². The fraction of sp³-hybridized carbons (Fsp3) is 0.462. The normalized spacial score (nSPS) is 19.0. The SMILES string of the molecule is CC1CNCCN1C(=O)CS(=O)(=O)c1cccc(Br)c1.Cl. The van der Waals surface area contributed by atoms with Gasteiger partial charge in [0.05, 0.1) is 4.90 Å². The Morgan fingerprint density at radius 2 is 2.19 bits per heavy atom. The third kappa shape index (κ3) is 4.67. The summed E-state index contributed by atoms with van der Waals surface area (Å²) >= 11 is 3.24. The van der Waals surface area contributed by atoms with Gasteiger partial charge in [-0.05, 0) is 25.1 Å². The standard InChI is InChI=1S/C13H17BrN2O3S.ClH/c1-10-8-15-5-6-16(10)13(17)9-20(18,19)12-4-2-3-11(14)7-12;/h2-4,7,10,15H,5-6,8-9H2,1H3;1H. The van der Waals surface area contributed by atoms with Crippen LogP contribution in [0.25, 0.3) is 0 Å². The summed E-state index contributed by atoms with van der Waals surface area (Å²) in [5, 5.41) is 3.17. The van der Waals surface area contributed by atoms with Crippen LogP contribution in [0.3, 0.4) is 0 Å². The Morgan fingerprint density at radius 1 is 1.48 bits per heavy atom. The smallest absolute Gasteiger partial charge is 0.238 e. The first-order chi connectivity index (χ1) is 9.40. The van der Waals surface area contributed by atoms with E-state index in [-0.39, 0.29) is 29.3 Å². The number of carbonyl (C=O) groups is 1. The van der Waals surface area contributed by atoms with Gasteiger partial charge in [-0.3, -0.25) is 4.79 Å². The van der Waals surface area contributed by atoms with Gasteiger partial charge >= 0.3 is 0 Å². The first-order valence-corrected chi connectivity index (χ1v) is 8.83. The minimum absolute atomic E-state index is 0. The van der Waals surface area contributed by atoms with Gasteiger partial charge in [0.2, 0.25) is 5.91 Å². The van der Waals surface area contributed by atoms with E-state index in [2.05, 4.69) is 21.2 Å². The van der Waals surface area contributed by atoms with Crippen molar-refractivity contribution >= 4 is 44.1 Å². The molecule has 1 aromatic carbocycles. The summed E-state index contributed by atoms with van der Waals surface area (Å²) in [5.41, 5.74) is 0. The van der Waals surface area contributed by atoms with E-state index in [1.54, 1.807) is 17.0 Å². The van der Waals surface area contributed by atoms with Crippen molar-refractivity contribution in [2.24, 2.45) is 0 Å². The fourth-order valence-electron chi connectivity index (χ4n) is 2.20. The number of benzene rings is 1. The Bertz CT molecular complexity index is 609. The molecule has 1 heterocycles. The van der Waals surface area contributed by atoms with Crippen LogP contribution in [0.5, 0.6) is 0 Å². The summed E-state index contributed by atoms with van der Waals surface area (Å²) in [6.45, 7) is 3.86. The lowest BCUT2D eigenvalue weighted by molar-refractivity contribution is -0.131. The third-order valence-electron chi connectivity index (χ3n) is 3.29. The summed E-state index contributed by atoms with van der Waals surface area (Å²) in [5.74, 6) is -0.813. The molecule has 1 aliphatic heterocycles. The van der Waals surface area contributed by atoms with Crippen molar-refractivity contribution in [1.29, 1.82) is 0 Å². The van der Waals surface area contributed by atoms with E-state index in [9.17, 15) is 13.2 Å². The van der Waals surface area contributed by atoms with Crippen molar-refractivity contribution in [3.8, 4) is 0 Å². The first-order valence-electron chi connectivity index (χ1n) is 6.38. The molecule has 0 radical (unpaired) electrons. The van der Waals surface area contributed by atoms with Gasteiger partial charge in [0.15, 0.2) is 9.84 Å². The zero-order valence-electron chi connectivity index (χ0n) is 11.6. The molecule has 2 rings (SSSR count). The minimum atomic E-state index is -3.60. The van der Waals surface area contributed by atoms with Crippen LogP contribution in [0, 0.1) is 0 Å². The monoisotopic (exact) mass is 396 g/mol. The van der Waals surface area contributed by atoms with Gasteiger partial charge in [-0.25, -0.2) is 8.42 Å². The molecule has 1 atom stereocenters. The van der Waals surface area contributed by atoms with Crippen LogP contribution >= 0.6 is 28.3 Å². The quantitative estimate of drug-likeness (QED) is 0.839. The lowest BCUT2D eigenvalue weighted by atomic mass is 10.2. The van der Waals surface area contributed by atoms with Gasteiger partial charge in [0, 0.05) is 30.1 Å². The number of carbonyl (C=O) groups excluding carboxylic acids is 1.